The van der Waals surface area contributed by atoms with Crippen molar-refractivity contribution < 1.29 is 9.53 Å². The average molecular weight is 301 g/mol. The Labute approximate surface area is 109 Å². The van der Waals surface area contributed by atoms with Crippen molar-refractivity contribution in [2.45, 2.75) is 32.8 Å². The van der Waals surface area contributed by atoms with Crippen LogP contribution in [0.15, 0.2) is 4.47 Å². The maximum absolute atomic E-state index is 12.2. The lowest BCUT2D eigenvalue weighted by Gasteiger charge is -2.13. The molecule has 2 rings (SSSR count). The minimum Gasteiger partial charge on any atom is -0.370 e. The predicted molar refractivity (Wildman–Crippen MR) is 67.9 cm³/mol. The van der Waals surface area contributed by atoms with E-state index in [0.717, 1.165) is 22.3 Å². The zero-order chi connectivity index (χ0) is 12.6. The monoisotopic (exact) mass is 300 g/mol. The smallest absolute Gasteiger partial charge is 0.167 e. The van der Waals surface area contributed by atoms with E-state index < -0.39 is 0 Å². The molecule has 0 aliphatic carbocycles. The molecule has 0 saturated carbocycles. The van der Waals surface area contributed by atoms with Crippen molar-refractivity contribution in [1.82, 2.24) is 9.78 Å². The van der Waals surface area contributed by atoms with Gasteiger partial charge in [0.25, 0.3) is 0 Å². The van der Waals surface area contributed by atoms with Crippen LogP contribution in [0.2, 0.25) is 0 Å². The van der Waals surface area contributed by atoms with Gasteiger partial charge in [0, 0.05) is 13.7 Å². The van der Waals surface area contributed by atoms with Crippen LogP contribution in [0.4, 0.5) is 0 Å². The van der Waals surface area contributed by atoms with Crippen LogP contribution in [0.3, 0.4) is 0 Å². The third-order valence-corrected chi connectivity index (χ3v) is 4.34. The van der Waals surface area contributed by atoms with Crippen LogP contribution in [0.25, 0.3) is 0 Å². The Morgan fingerprint density at radius 1 is 1.65 bits per heavy atom. The van der Waals surface area contributed by atoms with Crippen molar-refractivity contribution in [3.8, 4) is 0 Å². The fraction of sp³-hybridized carbons (Fsp3) is 0.667. The van der Waals surface area contributed by atoms with Gasteiger partial charge < -0.3 is 4.74 Å². The second-order valence-electron chi connectivity index (χ2n) is 4.67. The second-order valence-corrected chi connectivity index (χ2v) is 5.46. The molecule has 0 spiro atoms. The summed E-state index contributed by atoms with van der Waals surface area (Å²) in [5.74, 6) is 0.481. The number of carbonyl (C=O) groups excluding carboxylic acids is 1. The lowest BCUT2D eigenvalue weighted by Crippen LogP contribution is -2.27. The summed E-state index contributed by atoms with van der Waals surface area (Å²) < 4.78 is 8.18. The summed E-state index contributed by atoms with van der Waals surface area (Å²) in [6, 6.07) is 0. The number of ketones is 1. The molecule has 1 aromatic heterocycles. The third-order valence-electron chi connectivity index (χ3n) is 3.31. The fourth-order valence-electron chi connectivity index (χ4n) is 2.24. The second kappa shape index (κ2) is 4.90. The van der Waals surface area contributed by atoms with Gasteiger partial charge in [-0.05, 0) is 35.2 Å². The van der Waals surface area contributed by atoms with Crippen LogP contribution in [0.1, 0.15) is 24.7 Å². The molecule has 1 aromatic rings. The van der Waals surface area contributed by atoms with E-state index in [1.807, 2.05) is 14.0 Å². The SMILES string of the molecule is Cc1nn(C)c(CC(=O)C2OCCC2C)c1Br. The summed E-state index contributed by atoms with van der Waals surface area (Å²) >= 11 is 3.48. The molecule has 0 N–H and O–H groups in total. The van der Waals surface area contributed by atoms with E-state index >= 15 is 0 Å². The van der Waals surface area contributed by atoms with Gasteiger partial charge in [-0.15, -0.1) is 0 Å². The first-order valence-electron chi connectivity index (χ1n) is 5.83. The Bertz CT molecular complexity index is 442. The molecule has 1 saturated heterocycles. The van der Waals surface area contributed by atoms with Gasteiger partial charge in [-0.3, -0.25) is 9.48 Å². The first-order chi connectivity index (χ1) is 8.00. The fourth-order valence-corrected chi connectivity index (χ4v) is 2.72. The first kappa shape index (κ1) is 12.8. The summed E-state index contributed by atoms with van der Waals surface area (Å²) in [7, 11) is 1.86. The molecule has 2 heterocycles. The van der Waals surface area contributed by atoms with Crippen molar-refractivity contribution in [3.05, 3.63) is 15.9 Å². The standard InChI is InChI=1S/C12H17BrN2O2/c1-7-4-5-17-12(7)10(16)6-9-11(13)8(2)14-15(9)3/h7,12H,4-6H2,1-3H3. The third kappa shape index (κ3) is 2.45. The van der Waals surface area contributed by atoms with Crippen molar-refractivity contribution in [1.29, 1.82) is 0 Å². The van der Waals surface area contributed by atoms with Crippen LogP contribution >= 0.6 is 15.9 Å². The van der Waals surface area contributed by atoms with Gasteiger partial charge in [-0.2, -0.15) is 5.10 Å². The first-order valence-corrected chi connectivity index (χ1v) is 6.62. The quantitative estimate of drug-likeness (QED) is 0.858. The molecule has 0 radical (unpaired) electrons. The van der Waals surface area contributed by atoms with E-state index in [4.69, 9.17) is 4.74 Å². The lowest BCUT2D eigenvalue weighted by atomic mass is 9.98. The van der Waals surface area contributed by atoms with E-state index in [1.54, 1.807) is 4.68 Å². The molecule has 2 atom stereocenters. The highest BCUT2D eigenvalue weighted by Gasteiger charge is 2.31. The van der Waals surface area contributed by atoms with Gasteiger partial charge in [-0.25, -0.2) is 0 Å². The maximum atomic E-state index is 12.2. The Morgan fingerprint density at radius 2 is 2.35 bits per heavy atom. The average Bonchev–Trinajstić information content (AvgIpc) is 2.78. The number of hydrogen-bond acceptors (Lipinski definition) is 3. The molecular weight excluding hydrogens is 284 g/mol. The number of rotatable bonds is 3. The summed E-state index contributed by atoms with van der Waals surface area (Å²) in [4.78, 5) is 12.2. The number of aromatic nitrogens is 2. The summed E-state index contributed by atoms with van der Waals surface area (Å²) in [6.07, 6.45) is 1.12. The number of nitrogens with zero attached hydrogens (tertiary/aromatic N) is 2. The summed E-state index contributed by atoms with van der Waals surface area (Å²) in [5.41, 5.74) is 1.84. The summed E-state index contributed by atoms with van der Waals surface area (Å²) in [6.45, 7) is 4.69. The highest BCUT2D eigenvalue weighted by atomic mass is 79.9. The Hall–Kier alpha value is -0.680. The molecule has 1 aliphatic rings. The largest absolute Gasteiger partial charge is 0.370 e. The van der Waals surface area contributed by atoms with Crippen LogP contribution in [0.5, 0.6) is 0 Å². The van der Waals surface area contributed by atoms with Crippen molar-refractivity contribution in [2.24, 2.45) is 13.0 Å². The topological polar surface area (TPSA) is 44.1 Å². The van der Waals surface area contributed by atoms with Crippen LogP contribution < -0.4 is 0 Å². The molecule has 1 aliphatic heterocycles. The van der Waals surface area contributed by atoms with Gasteiger partial charge in [0.05, 0.1) is 22.3 Å². The highest BCUT2D eigenvalue weighted by Crippen LogP contribution is 2.25. The molecule has 0 aromatic carbocycles. The summed E-state index contributed by atoms with van der Waals surface area (Å²) in [5, 5.41) is 4.29. The van der Waals surface area contributed by atoms with E-state index in [0.29, 0.717) is 18.9 Å². The molecule has 1 fully saturated rings. The minimum atomic E-state index is -0.239. The molecule has 0 amide bonds. The number of carbonyl (C=O) groups is 1. The van der Waals surface area contributed by atoms with Crippen LogP contribution in [0, 0.1) is 12.8 Å². The molecule has 4 nitrogen and oxygen atoms in total. The molecule has 2 unspecified atom stereocenters. The van der Waals surface area contributed by atoms with Crippen LogP contribution in [-0.2, 0) is 23.0 Å². The van der Waals surface area contributed by atoms with E-state index in [2.05, 4.69) is 28.0 Å². The predicted octanol–water partition coefficient (Wildman–Crippen LogP) is 2.03. The van der Waals surface area contributed by atoms with Gasteiger partial charge in [-0.1, -0.05) is 6.92 Å². The number of ether oxygens (including phenoxy) is 1. The molecule has 5 heteroatoms. The Kier molecular flexibility index (Phi) is 3.68. The van der Waals surface area contributed by atoms with Crippen molar-refractivity contribution in [3.63, 3.8) is 0 Å². The van der Waals surface area contributed by atoms with Gasteiger partial charge in [0.1, 0.15) is 6.10 Å². The van der Waals surface area contributed by atoms with Gasteiger partial charge in [0.2, 0.25) is 0 Å². The number of halogens is 1. The maximum Gasteiger partial charge on any atom is 0.167 e. The normalized spacial score (nSPS) is 24.2. The van der Waals surface area contributed by atoms with E-state index in [1.165, 1.54) is 0 Å². The Morgan fingerprint density at radius 3 is 2.82 bits per heavy atom. The van der Waals surface area contributed by atoms with E-state index in [-0.39, 0.29) is 11.9 Å². The molecule has 0 bridgehead atoms. The van der Waals surface area contributed by atoms with E-state index in [9.17, 15) is 4.79 Å². The lowest BCUT2D eigenvalue weighted by molar-refractivity contribution is -0.128. The van der Waals surface area contributed by atoms with Gasteiger partial charge in [0.15, 0.2) is 5.78 Å². The molecular formula is C12H17BrN2O2. The number of Topliss-reactive ketones (excluding diaryl/α,β-unsaturated/α-hetero) is 1. The van der Waals surface area contributed by atoms with Crippen molar-refractivity contribution >= 4 is 21.7 Å². The Balaban J connectivity index is 2.13. The number of aryl methyl sites for hydroxylation is 2. The van der Waals surface area contributed by atoms with Gasteiger partial charge >= 0.3 is 0 Å². The highest BCUT2D eigenvalue weighted by molar-refractivity contribution is 9.10. The van der Waals surface area contributed by atoms with Crippen LogP contribution in [-0.4, -0.2) is 28.3 Å². The number of hydrogen-bond donors (Lipinski definition) is 0. The molecule has 94 valence electrons. The zero-order valence-corrected chi connectivity index (χ0v) is 12.0. The van der Waals surface area contributed by atoms with Crippen molar-refractivity contribution in [2.75, 3.05) is 6.61 Å². The minimum absolute atomic E-state index is 0.152. The molecule has 17 heavy (non-hydrogen) atoms. The zero-order valence-electron chi connectivity index (χ0n) is 10.4.